The van der Waals surface area contributed by atoms with Crippen LogP contribution in [-0.2, 0) is 0 Å². The van der Waals surface area contributed by atoms with Gasteiger partial charge in [0.1, 0.15) is 5.75 Å². The summed E-state index contributed by atoms with van der Waals surface area (Å²) in [6, 6.07) is 24.0. The van der Waals surface area contributed by atoms with Crippen LogP contribution in [0.5, 0.6) is 5.75 Å². The molecule has 0 radical (unpaired) electrons. The number of hydrogen-bond donors (Lipinski definition) is 4. The summed E-state index contributed by atoms with van der Waals surface area (Å²) in [6.45, 7) is 20.5. The molecule has 3 saturated heterocycles. The summed E-state index contributed by atoms with van der Waals surface area (Å²) < 4.78 is 5.67. The normalized spacial score (nSPS) is 21.0. The quantitative estimate of drug-likeness (QED) is 0.0809. The highest BCUT2D eigenvalue weighted by molar-refractivity contribution is 6.11. The first-order valence-electron chi connectivity index (χ1n) is 25.3. The Kier molecular flexibility index (Phi) is 16.8. The number of benzene rings is 4. The Bertz CT molecular complexity index is 2680. The molecule has 5 N–H and O–H groups in total. The zero-order valence-corrected chi connectivity index (χ0v) is 44.4. The molecule has 71 heavy (non-hydrogen) atoms. The summed E-state index contributed by atoms with van der Waals surface area (Å²) in [7, 11) is 9.52. The van der Waals surface area contributed by atoms with Crippen LogP contribution in [0, 0.1) is 13.8 Å². The number of piperazine rings is 2. The average molecular weight is 963 g/mol. The maximum Gasteiger partial charge on any atom is 0.252 e. The molecule has 0 aromatic heterocycles. The third kappa shape index (κ3) is 11.9. The molecule has 0 spiro atoms. The predicted octanol–water partition coefficient (Wildman–Crippen LogP) is 9.38. The second-order valence-electron chi connectivity index (χ2n) is 20.5. The summed E-state index contributed by atoms with van der Waals surface area (Å²) in [4.78, 5) is 47.2. The number of ether oxygens (including phenoxy) is 1. The van der Waals surface area contributed by atoms with Crippen LogP contribution in [-0.4, -0.2) is 120 Å². The molecule has 0 unspecified atom stereocenters. The minimum Gasteiger partial charge on any atom is -0.497 e. The van der Waals surface area contributed by atoms with Gasteiger partial charge in [-0.3, -0.25) is 29.4 Å². The van der Waals surface area contributed by atoms with Gasteiger partial charge in [-0.05, 0) is 162 Å². The number of fused-ring (bicyclic) bond motifs is 2. The van der Waals surface area contributed by atoms with Crippen LogP contribution >= 0.6 is 0 Å². The lowest BCUT2D eigenvalue weighted by atomic mass is 9.92. The maximum absolute atomic E-state index is 14.6. The van der Waals surface area contributed by atoms with Crippen LogP contribution in [0.4, 0.5) is 17.1 Å². The topological polar surface area (TPSA) is 143 Å². The van der Waals surface area contributed by atoms with Crippen LogP contribution < -0.4 is 36.2 Å². The number of allylic oxidation sites excluding steroid dienone is 2. The fourth-order valence-electron chi connectivity index (χ4n) is 10.4. The fourth-order valence-corrected chi connectivity index (χ4v) is 10.4. The molecule has 0 saturated carbocycles. The smallest absolute Gasteiger partial charge is 0.252 e. The van der Waals surface area contributed by atoms with Gasteiger partial charge < -0.3 is 36.2 Å². The standard InChI is InChI=1S/C58H78N10O3/c1-35(2)42-18-43(40(7)63-57(69)54-24-49(15-14-36(54)3)68-33-50-16-17-51(34-68)66(50)12)20-45(19-42)48(29-61-10)30-62-56-26-52(67-31-37(4)65(11)38(5)32-67)25-55(39(56)6)58(70)64-41(8)44-21-46(23-53(22-44)71-13)47(27-59)28-60-9/h14-15,18-30,35,37-38,40-41,50-51,62H,16-17,31-34,59H2,1-13H3,(H,63,69)(H,64,70)/t37-,38+,40-,41-,50-,51+/m1/s1. The number of carbonyl (C=O) groups excluding carboxylic acids is 2. The third-order valence-electron chi connectivity index (χ3n) is 15.3. The first kappa shape index (κ1) is 52.4. The van der Waals surface area contributed by atoms with Crippen molar-refractivity contribution in [1.82, 2.24) is 20.4 Å². The minimum absolute atomic E-state index is 0.0835. The molecule has 3 aliphatic heterocycles. The Morgan fingerprint density at radius 3 is 1.83 bits per heavy atom. The van der Waals surface area contributed by atoms with Crippen LogP contribution in [0.2, 0.25) is 0 Å². The number of aliphatic imine (C=N–C) groups is 2. The van der Waals surface area contributed by atoms with Crippen LogP contribution in [0.3, 0.4) is 0 Å². The highest BCUT2D eigenvalue weighted by Gasteiger charge is 2.38. The second-order valence-corrected chi connectivity index (χ2v) is 20.5. The molecular weight excluding hydrogens is 885 g/mol. The Labute approximate surface area is 423 Å². The Hall–Kier alpha value is -6.44. The predicted molar refractivity (Wildman–Crippen MR) is 296 cm³/mol. The number of likely N-dealkylation sites (N-methyl/N-ethyl adjacent to an activating group) is 2. The Morgan fingerprint density at radius 1 is 0.690 bits per heavy atom. The van der Waals surface area contributed by atoms with Crippen molar-refractivity contribution in [3.63, 3.8) is 0 Å². The molecule has 3 heterocycles. The monoisotopic (exact) mass is 963 g/mol. The van der Waals surface area contributed by atoms with Gasteiger partial charge in [0.05, 0.1) is 19.2 Å². The second kappa shape index (κ2) is 22.8. The molecule has 2 amide bonds. The van der Waals surface area contributed by atoms with Crippen molar-refractivity contribution in [3.05, 3.63) is 129 Å². The van der Waals surface area contributed by atoms with Gasteiger partial charge in [-0.15, -0.1) is 0 Å². The number of methoxy groups -OCH3 is 1. The van der Waals surface area contributed by atoms with E-state index >= 15 is 0 Å². The minimum atomic E-state index is -0.370. The molecule has 6 atom stereocenters. The number of carbonyl (C=O) groups is 2. The molecule has 4 aromatic carbocycles. The van der Waals surface area contributed by atoms with Gasteiger partial charge in [-0.2, -0.15) is 0 Å². The number of anilines is 3. The molecule has 13 heteroatoms. The molecule has 3 fully saturated rings. The lowest BCUT2D eigenvalue weighted by Gasteiger charge is -2.43. The van der Waals surface area contributed by atoms with Crippen molar-refractivity contribution in [2.45, 2.75) is 110 Å². The summed E-state index contributed by atoms with van der Waals surface area (Å²) >= 11 is 0. The van der Waals surface area contributed by atoms with Gasteiger partial charge in [0, 0.05) is 129 Å². The number of nitrogens with zero attached hydrogens (tertiary/aromatic N) is 6. The number of hydrogen-bond acceptors (Lipinski definition) is 11. The maximum atomic E-state index is 14.6. The zero-order chi connectivity index (χ0) is 51.3. The van der Waals surface area contributed by atoms with Gasteiger partial charge in [0.15, 0.2) is 0 Å². The first-order valence-corrected chi connectivity index (χ1v) is 25.3. The lowest BCUT2D eigenvalue weighted by Crippen LogP contribution is -2.55. The van der Waals surface area contributed by atoms with Crippen LogP contribution in [0.1, 0.15) is 132 Å². The Balaban J connectivity index is 1.19. The summed E-state index contributed by atoms with van der Waals surface area (Å²) in [5.41, 5.74) is 18.3. The molecule has 378 valence electrons. The summed E-state index contributed by atoms with van der Waals surface area (Å²) in [5, 5.41) is 10.3. The molecule has 0 aliphatic carbocycles. The van der Waals surface area contributed by atoms with Crippen molar-refractivity contribution in [2.24, 2.45) is 15.7 Å². The highest BCUT2D eigenvalue weighted by atomic mass is 16.5. The van der Waals surface area contributed by atoms with Gasteiger partial charge in [-0.25, -0.2) is 0 Å². The molecule has 2 bridgehead atoms. The summed E-state index contributed by atoms with van der Waals surface area (Å²) in [6.07, 6.45) is 9.51. The van der Waals surface area contributed by atoms with Crippen molar-refractivity contribution in [2.75, 3.05) is 76.6 Å². The van der Waals surface area contributed by atoms with E-state index in [4.69, 9.17) is 10.5 Å². The van der Waals surface area contributed by atoms with E-state index in [0.717, 1.165) is 93.3 Å². The molecule has 13 nitrogen and oxygen atoms in total. The molecule has 4 aromatic rings. The van der Waals surface area contributed by atoms with Gasteiger partial charge in [0.25, 0.3) is 11.8 Å². The van der Waals surface area contributed by atoms with E-state index in [2.05, 4.69) is 137 Å². The number of amides is 2. The van der Waals surface area contributed by atoms with Crippen molar-refractivity contribution in [1.29, 1.82) is 0 Å². The van der Waals surface area contributed by atoms with E-state index in [1.165, 1.54) is 19.0 Å². The van der Waals surface area contributed by atoms with Gasteiger partial charge >= 0.3 is 0 Å². The number of aryl methyl sites for hydroxylation is 1. The number of nitrogens with one attached hydrogen (secondary N) is 3. The number of rotatable bonds is 16. The van der Waals surface area contributed by atoms with E-state index in [1.807, 2.05) is 57.5 Å². The van der Waals surface area contributed by atoms with E-state index in [0.29, 0.717) is 41.0 Å². The van der Waals surface area contributed by atoms with E-state index in [1.54, 1.807) is 27.4 Å². The summed E-state index contributed by atoms with van der Waals surface area (Å²) in [5.74, 6) is 0.602. The lowest BCUT2D eigenvalue weighted by molar-refractivity contribution is 0.0930. The van der Waals surface area contributed by atoms with Crippen molar-refractivity contribution < 1.29 is 14.3 Å². The van der Waals surface area contributed by atoms with E-state index < -0.39 is 0 Å². The van der Waals surface area contributed by atoms with Gasteiger partial charge in [0.2, 0.25) is 0 Å². The average Bonchev–Trinajstić information content (AvgIpc) is 3.53. The zero-order valence-electron chi connectivity index (χ0n) is 44.4. The van der Waals surface area contributed by atoms with Gasteiger partial charge in [-0.1, -0.05) is 32.0 Å². The largest absolute Gasteiger partial charge is 0.497 e. The molecule has 3 aliphatic rings. The van der Waals surface area contributed by atoms with Crippen LogP contribution in [0.15, 0.2) is 89.1 Å². The van der Waals surface area contributed by atoms with Crippen LogP contribution in [0.25, 0.3) is 11.1 Å². The first-order chi connectivity index (χ1) is 33.9. The molecule has 7 rings (SSSR count). The highest BCUT2D eigenvalue weighted by Crippen LogP contribution is 2.35. The SMILES string of the molecule is CN=CC(=CNc1cc(N2C[C@@H](C)N(C)[C@@H](C)C2)cc(C(=O)N[C@H](C)c2cc(OC)cc(C(C=NC)=CN)c2)c1C)c1cc(C(C)C)cc([C@@H](C)NC(=O)c2cc(N3C[C@H]4CC[C@@H](C3)N4C)ccc2C)c1. The third-order valence-corrected chi connectivity index (χ3v) is 15.3. The number of nitrogens with two attached hydrogens (primary N) is 1. The van der Waals surface area contributed by atoms with Crippen molar-refractivity contribution >= 4 is 52.5 Å². The van der Waals surface area contributed by atoms with Crippen molar-refractivity contribution in [3.8, 4) is 5.75 Å². The van der Waals surface area contributed by atoms with E-state index in [-0.39, 0.29) is 29.8 Å². The fraction of sp³-hybridized carbons (Fsp3) is 0.448. The van der Waals surface area contributed by atoms with E-state index in [9.17, 15) is 9.59 Å². The Morgan fingerprint density at radius 2 is 1.24 bits per heavy atom. The molecular formula is C58H78N10O3.